The average Bonchev–Trinajstić information content (AvgIpc) is 2.29. The summed E-state index contributed by atoms with van der Waals surface area (Å²) in [6.07, 6.45) is 0. The Morgan fingerprint density at radius 2 is 1.82 bits per heavy atom. The molecule has 5 nitrogen and oxygen atoms in total. The number of hydrogen-bond acceptors (Lipinski definition) is 3. The zero-order valence-electron chi connectivity index (χ0n) is 9.20. The smallest absolute Gasteiger partial charge is 0.251 e. The van der Waals surface area contributed by atoms with Crippen LogP contribution in [-0.4, -0.2) is 31.4 Å². The van der Waals surface area contributed by atoms with Crippen molar-refractivity contribution in [1.82, 2.24) is 10.6 Å². The van der Waals surface area contributed by atoms with Crippen LogP contribution in [-0.2, 0) is 4.79 Å². The van der Waals surface area contributed by atoms with Crippen molar-refractivity contribution in [3.8, 4) is 0 Å². The minimum Gasteiger partial charge on any atom is -0.369 e. The predicted octanol–water partition coefficient (Wildman–Crippen LogP) is 0.145. The van der Waals surface area contributed by atoms with Crippen molar-refractivity contribution in [2.45, 2.75) is 0 Å². The number of benzene rings is 1. The maximum Gasteiger partial charge on any atom is 0.251 e. The van der Waals surface area contributed by atoms with E-state index in [4.69, 9.17) is 17.3 Å². The van der Waals surface area contributed by atoms with Gasteiger partial charge in [0.15, 0.2) is 0 Å². The molecular weight excluding hydrogens is 242 g/mol. The molecule has 1 rings (SSSR count). The van der Waals surface area contributed by atoms with Gasteiger partial charge in [-0.1, -0.05) is 11.6 Å². The third-order valence-corrected chi connectivity index (χ3v) is 2.24. The van der Waals surface area contributed by atoms with Crippen LogP contribution < -0.4 is 16.4 Å². The molecule has 0 aromatic heterocycles. The number of primary amides is 1. The first-order valence-electron chi connectivity index (χ1n) is 5.12. The van der Waals surface area contributed by atoms with Gasteiger partial charge in [-0.25, -0.2) is 0 Å². The molecule has 0 bridgehead atoms. The van der Waals surface area contributed by atoms with Gasteiger partial charge in [-0.05, 0) is 24.3 Å². The number of halogens is 1. The van der Waals surface area contributed by atoms with Gasteiger partial charge in [-0.3, -0.25) is 9.59 Å². The van der Waals surface area contributed by atoms with E-state index in [9.17, 15) is 9.59 Å². The van der Waals surface area contributed by atoms with Crippen molar-refractivity contribution >= 4 is 23.4 Å². The minimum absolute atomic E-state index is 0.108. The maximum absolute atomic E-state index is 11.6. The fourth-order valence-corrected chi connectivity index (χ4v) is 1.31. The summed E-state index contributed by atoms with van der Waals surface area (Å²) in [6, 6.07) is 6.60. The van der Waals surface area contributed by atoms with Gasteiger partial charge in [-0.2, -0.15) is 0 Å². The molecular formula is C11H14ClN3O2. The van der Waals surface area contributed by atoms with Crippen LogP contribution in [0.5, 0.6) is 0 Å². The van der Waals surface area contributed by atoms with Crippen LogP contribution in [0.3, 0.4) is 0 Å². The van der Waals surface area contributed by atoms with Crippen molar-refractivity contribution in [2.75, 3.05) is 19.6 Å². The van der Waals surface area contributed by atoms with Gasteiger partial charge in [0.1, 0.15) is 0 Å². The van der Waals surface area contributed by atoms with Crippen molar-refractivity contribution in [3.63, 3.8) is 0 Å². The second-order valence-corrected chi connectivity index (χ2v) is 3.84. The first-order valence-corrected chi connectivity index (χ1v) is 5.50. The molecule has 92 valence electrons. The van der Waals surface area contributed by atoms with Crippen molar-refractivity contribution in [2.24, 2.45) is 5.73 Å². The highest BCUT2D eigenvalue weighted by Gasteiger charge is 2.03. The lowest BCUT2D eigenvalue weighted by molar-refractivity contribution is -0.117. The van der Waals surface area contributed by atoms with E-state index in [0.29, 0.717) is 23.7 Å². The average molecular weight is 256 g/mol. The molecule has 0 heterocycles. The highest BCUT2D eigenvalue weighted by Crippen LogP contribution is 2.08. The van der Waals surface area contributed by atoms with E-state index < -0.39 is 5.91 Å². The lowest BCUT2D eigenvalue weighted by Crippen LogP contribution is -2.35. The molecule has 2 amide bonds. The Morgan fingerprint density at radius 1 is 1.18 bits per heavy atom. The van der Waals surface area contributed by atoms with Crippen LogP contribution in [0.15, 0.2) is 24.3 Å². The number of amides is 2. The van der Waals surface area contributed by atoms with Gasteiger partial charge in [0.2, 0.25) is 5.91 Å². The van der Waals surface area contributed by atoms with E-state index in [-0.39, 0.29) is 12.5 Å². The largest absolute Gasteiger partial charge is 0.369 e. The highest BCUT2D eigenvalue weighted by atomic mass is 35.5. The van der Waals surface area contributed by atoms with Gasteiger partial charge in [0.25, 0.3) is 5.91 Å². The number of nitrogens with two attached hydrogens (primary N) is 1. The van der Waals surface area contributed by atoms with Crippen LogP contribution in [0.25, 0.3) is 0 Å². The molecule has 6 heteroatoms. The zero-order chi connectivity index (χ0) is 12.7. The molecule has 0 aliphatic carbocycles. The number of hydrogen-bond donors (Lipinski definition) is 3. The van der Waals surface area contributed by atoms with Crippen LogP contribution >= 0.6 is 11.6 Å². The summed E-state index contributed by atoms with van der Waals surface area (Å²) in [7, 11) is 0. The molecule has 0 fully saturated rings. The third kappa shape index (κ3) is 5.33. The van der Waals surface area contributed by atoms with Crippen molar-refractivity contribution in [1.29, 1.82) is 0 Å². The van der Waals surface area contributed by atoms with Crippen LogP contribution in [0, 0.1) is 0 Å². The van der Waals surface area contributed by atoms with Crippen LogP contribution in [0.1, 0.15) is 10.4 Å². The van der Waals surface area contributed by atoms with Crippen LogP contribution in [0.2, 0.25) is 5.02 Å². The SMILES string of the molecule is NC(=O)CNCCNC(=O)c1ccc(Cl)cc1. The molecule has 0 saturated carbocycles. The zero-order valence-corrected chi connectivity index (χ0v) is 9.96. The number of rotatable bonds is 6. The Kier molecular flexibility index (Phi) is 5.45. The van der Waals surface area contributed by atoms with Crippen LogP contribution in [0.4, 0.5) is 0 Å². The molecule has 0 atom stereocenters. The van der Waals surface area contributed by atoms with Gasteiger partial charge in [0, 0.05) is 23.7 Å². The summed E-state index contributed by atoms with van der Waals surface area (Å²) in [5.74, 6) is -0.600. The maximum atomic E-state index is 11.6. The number of carbonyl (C=O) groups is 2. The standard InChI is InChI=1S/C11H14ClN3O2/c12-9-3-1-8(2-4-9)11(17)15-6-5-14-7-10(13)16/h1-4,14H,5-7H2,(H2,13,16)(H,15,17). The fraction of sp³-hybridized carbons (Fsp3) is 0.273. The quantitative estimate of drug-likeness (QED) is 0.633. The molecule has 0 spiro atoms. The van der Waals surface area contributed by atoms with E-state index in [2.05, 4.69) is 10.6 Å². The summed E-state index contributed by atoms with van der Waals surface area (Å²) in [5, 5.41) is 6.07. The Hall–Kier alpha value is -1.59. The molecule has 1 aromatic rings. The summed E-state index contributed by atoms with van der Waals surface area (Å²) >= 11 is 5.71. The lowest BCUT2D eigenvalue weighted by Gasteiger charge is -2.05. The molecule has 0 aliphatic heterocycles. The first-order chi connectivity index (χ1) is 8.09. The molecule has 0 radical (unpaired) electrons. The summed E-state index contributed by atoms with van der Waals surface area (Å²) in [6.45, 7) is 1.02. The van der Waals surface area contributed by atoms with E-state index in [1.807, 2.05) is 0 Å². The second-order valence-electron chi connectivity index (χ2n) is 3.41. The Labute approximate surface area is 104 Å². The Balaban J connectivity index is 2.25. The monoisotopic (exact) mass is 255 g/mol. The Morgan fingerprint density at radius 3 is 2.41 bits per heavy atom. The van der Waals surface area contributed by atoms with E-state index in [1.165, 1.54) is 0 Å². The summed E-state index contributed by atoms with van der Waals surface area (Å²) in [5.41, 5.74) is 5.48. The van der Waals surface area contributed by atoms with Crippen molar-refractivity contribution in [3.05, 3.63) is 34.9 Å². The predicted molar refractivity (Wildman–Crippen MR) is 65.8 cm³/mol. The molecule has 17 heavy (non-hydrogen) atoms. The first kappa shape index (κ1) is 13.5. The van der Waals surface area contributed by atoms with Gasteiger partial charge in [-0.15, -0.1) is 0 Å². The molecule has 4 N–H and O–H groups in total. The third-order valence-electron chi connectivity index (χ3n) is 1.99. The van der Waals surface area contributed by atoms with Crippen molar-refractivity contribution < 1.29 is 9.59 Å². The second kappa shape index (κ2) is 6.88. The Bertz CT molecular complexity index is 392. The number of nitrogens with one attached hydrogen (secondary N) is 2. The highest BCUT2D eigenvalue weighted by molar-refractivity contribution is 6.30. The minimum atomic E-state index is -0.422. The lowest BCUT2D eigenvalue weighted by atomic mass is 10.2. The molecule has 0 saturated heterocycles. The normalized spacial score (nSPS) is 9.94. The number of carbonyl (C=O) groups excluding carboxylic acids is 2. The topological polar surface area (TPSA) is 84.2 Å². The fourth-order valence-electron chi connectivity index (χ4n) is 1.18. The van der Waals surface area contributed by atoms with E-state index in [0.717, 1.165) is 0 Å². The van der Waals surface area contributed by atoms with Gasteiger partial charge in [0.05, 0.1) is 6.54 Å². The van der Waals surface area contributed by atoms with E-state index >= 15 is 0 Å². The van der Waals surface area contributed by atoms with Gasteiger partial charge >= 0.3 is 0 Å². The molecule has 0 aliphatic rings. The van der Waals surface area contributed by atoms with E-state index in [1.54, 1.807) is 24.3 Å². The molecule has 0 unspecified atom stereocenters. The molecule has 1 aromatic carbocycles. The summed E-state index contributed by atoms with van der Waals surface area (Å²) in [4.78, 5) is 22.0. The summed E-state index contributed by atoms with van der Waals surface area (Å²) < 4.78 is 0. The van der Waals surface area contributed by atoms with Gasteiger partial charge < -0.3 is 16.4 Å².